The van der Waals surface area contributed by atoms with Crippen LogP contribution in [-0.2, 0) is 4.74 Å². The summed E-state index contributed by atoms with van der Waals surface area (Å²) in [7, 11) is 0. The minimum Gasteiger partial charge on any atom is -0.370 e. The molecular weight excluding hydrogens is 260 g/mol. The molecular formula is C13H19N4OS+. The van der Waals surface area contributed by atoms with Crippen LogP contribution in [0.3, 0.4) is 0 Å². The summed E-state index contributed by atoms with van der Waals surface area (Å²) in [5.74, 6) is 0.960. The number of anilines is 1. The highest BCUT2D eigenvalue weighted by atomic mass is 32.1. The second kappa shape index (κ2) is 5.81. The first-order chi connectivity index (χ1) is 9.33. The lowest BCUT2D eigenvalue weighted by atomic mass is 10.3. The predicted molar refractivity (Wildman–Crippen MR) is 77.0 cm³/mol. The molecule has 1 aliphatic rings. The Bertz CT molecular complexity index is 551. The Morgan fingerprint density at radius 2 is 2.21 bits per heavy atom. The molecule has 0 bridgehead atoms. The van der Waals surface area contributed by atoms with E-state index in [0.29, 0.717) is 0 Å². The topological polar surface area (TPSA) is 51.5 Å². The van der Waals surface area contributed by atoms with Gasteiger partial charge in [0.05, 0.1) is 31.7 Å². The van der Waals surface area contributed by atoms with Gasteiger partial charge in [-0.05, 0) is 13.0 Å². The molecule has 1 fully saturated rings. The van der Waals surface area contributed by atoms with Crippen molar-refractivity contribution in [2.45, 2.75) is 6.92 Å². The Morgan fingerprint density at radius 3 is 3.05 bits per heavy atom. The van der Waals surface area contributed by atoms with Crippen molar-refractivity contribution in [3.8, 4) is 0 Å². The fourth-order valence-corrected chi connectivity index (χ4v) is 3.23. The first-order valence-corrected chi connectivity index (χ1v) is 7.51. The van der Waals surface area contributed by atoms with E-state index in [0.717, 1.165) is 55.4 Å². The molecule has 3 rings (SSSR count). The van der Waals surface area contributed by atoms with E-state index in [1.165, 1.54) is 4.88 Å². The normalized spacial score (nSPS) is 16.9. The highest BCUT2D eigenvalue weighted by molar-refractivity contribution is 7.18. The first-order valence-electron chi connectivity index (χ1n) is 6.69. The zero-order valence-electron chi connectivity index (χ0n) is 11.1. The molecule has 2 aromatic rings. The number of aromatic nitrogens is 2. The second-order valence-corrected chi connectivity index (χ2v) is 6.07. The smallest absolute Gasteiger partial charge is 0.138 e. The Morgan fingerprint density at radius 1 is 1.37 bits per heavy atom. The summed E-state index contributed by atoms with van der Waals surface area (Å²) in [4.78, 5) is 12.6. The van der Waals surface area contributed by atoms with Crippen molar-refractivity contribution in [3.63, 3.8) is 0 Å². The maximum Gasteiger partial charge on any atom is 0.138 e. The van der Waals surface area contributed by atoms with E-state index in [9.17, 15) is 0 Å². The van der Waals surface area contributed by atoms with Crippen LogP contribution in [0.1, 0.15) is 4.88 Å². The van der Waals surface area contributed by atoms with E-state index in [2.05, 4.69) is 28.3 Å². The largest absolute Gasteiger partial charge is 0.370 e. The maximum atomic E-state index is 5.36. The zero-order valence-corrected chi connectivity index (χ0v) is 11.9. The summed E-state index contributed by atoms with van der Waals surface area (Å²) in [6, 6.07) is 2.16. The number of fused-ring (bicyclic) bond motifs is 1. The summed E-state index contributed by atoms with van der Waals surface area (Å²) >= 11 is 1.71. The number of hydrogen-bond donors (Lipinski definition) is 2. The first kappa shape index (κ1) is 12.8. The van der Waals surface area contributed by atoms with E-state index in [-0.39, 0.29) is 0 Å². The lowest BCUT2D eigenvalue weighted by Gasteiger charge is -2.23. The number of hydrogen-bond acceptors (Lipinski definition) is 5. The van der Waals surface area contributed by atoms with Crippen LogP contribution in [0.2, 0.25) is 0 Å². The van der Waals surface area contributed by atoms with Crippen molar-refractivity contribution < 1.29 is 9.64 Å². The highest BCUT2D eigenvalue weighted by Gasteiger charge is 2.13. The molecule has 2 N–H and O–H groups in total. The lowest BCUT2D eigenvalue weighted by molar-refractivity contribution is -0.906. The third kappa shape index (κ3) is 3.02. The Balaban J connectivity index is 1.61. The van der Waals surface area contributed by atoms with Gasteiger partial charge in [0.1, 0.15) is 30.1 Å². The van der Waals surface area contributed by atoms with Crippen LogP contribution >= 0.6 is 11.3 Å². The fourth-order valence-electron chi connectivity index (χ4n) is 2.38. The van der Waals surface area contributed by atoms with Gasteiger partial charge in [-0.1, -0.05) is 0 Å². The van der Waals surface area contributed by atoms with Crippen LogP contribution in [0.15, 0.2) is 12.4 Å². The average molecular weight is 279 g/mol. The minimum absolute atomic E-state index is 0.886. The molecule has 102 valence electrons. The molecule has 0 aliphatic carbocycles. The summed E-state index contributed by atoms with van der Waals surface area (Å²) in [5, 5.41) is 4.58. The number of nitrogens with zero attached hydrogens (tertiary/aromatic N) is 2. The van der Waals surface area contributed by atoms with E-state index in [1.54, 1.807) is 22.6 Å². The number of thiophene rings is 1. The number of aryl methyl sites for hydroxylation is 1. The van der Waals surface area contributed by atoms with E-state index < -0.39 is 0 Å². The molecule has 0 atom stereocenters. The number of ether oxygens (including phenoxy) is 1. The number of morpholine rings is 1. The monoisotopic (exact) mass is 279 g/mol. The molecule has 0 unspecified atom stereocenters. The van der Waals surface area contributed by atoms with Gasteiger partial charge in [0.25, 0.3) is 0 Å². The molecule has 0 radical (unpaired) electrons. The second-order valence-electron chi connectivity index (χ2n) is 4.84. The molecule has 2 aromatic heterocycles. The molecule has 1 saturated heterocycles. The van der Waals surface area contributed by atoms with E-state index >= 15 is 0 Å². The van der Waals surface area contributed by atoms with Gasteiger partial charge >= 0.3 is 0 Å². The van der Waals surface area contributed by atoms with Crippen LogP contribution in [0, 0.1) is 6.92 Å². The van der Waals surface area contributed by atoms with Crippen LogP contribution in [0.5, 0.6) is 0 Å². The quantitative estimate of drug-likeness (QED) is 0.847. The SMILES string of the molecule is Cc1cc2c(NCC[NH+]3CCOCC3)ncnc2s1. The van der Waals surface area contributed by atoms with Gasteiger partial charge in [0.2, 0.25) is 0 Å². The maximum absolute atomic E-state index is 5.36. The van der Waals surface area contributed by atoms with Crippen molar-refractivity contribution >= 4 is 27.4 Å². The van der Waals surface area contributed by atoms with Gasteiger partial charge in [0.15, 0.2) is 0 Å². The summed E-state index contributed by atoms with van der Waals surface area (Å²) in [6.45, 7) is 8.15. The third-order valence-electron chi connectivity index (χ3n) is 3.42. The minimum atomic E-state index is 0.886. The number of quaternary nitrogens is 1. The lowest BCUT2D eigenvalue weighted by Crippen LogP contribution is -3.14. The predicted octanol–water partition coefficient (Wildman–Crippen LogP) is 0.327. The molecule has 0 aromatic carbocycles. The van der Waals surface area contributed by atoms with Gasteiger partial charge in [-0.3, -0.25) is 0 Å². The standard InChI is InChI=1S/C13H18N4OS/c1-10-8-11-12(15-9-16-13(11)19-10)14-2-3-17-4-6-18-7-5-17/h8-9H,2-7H2,1H3,(H,14,15,16)/p+1. The fraction of sp³-hybridized carbons (Fsp3) is 0.538. The van der Waals surface area contributed by atoms with Gasteiger partial charge in [-0.25, -0.2) is 9.97 Å². The van der Waals surface area contributed by atoms with Crippen molar-refractivity contribution in [1.29, 1.82) is 0 Å². The molecule has 5 nitrogen and oxygen atoms in total. The zero-order chi connectivity index (χ0) is 13.1. The summed E-state index contributed by atoms with van der Waals surface area (Å²) in [6.07, 6.45) is 1.64. The molecule has 3 heterocycles. The van der Waals surface area contributed by atoms with E-state index in [1.807, 2.05) is 0 Å². The Kier molecular flexibility index (Phi) is 3.91. The van der Waals surface area contributed by atoms with Crippen molar-refractivity contribution in [2.24, 2.45) is 0 Å². The average Bonchev–Trinajstić information content (AvgIpc) is 2.81. The van der Waals surface area contributed by atoms with Crippen LogP contribution in [-0.4, -0.2) is 49.4 Å². The highest BCUT2D eigenvalue weighted by Crippen LogP contribution is 2.27. The number of nitrogens with one attached hydrogen (secondary N) is 2. The molecule has 1 aliphatic heterocycles. The molecule has 0 saturated carbocycles. The van der Waals surface area contributed by atoms with Gasteiger partial charge in [0, 0.05) is 4.88 Å². The molecule has 0 spiro atoms. The third-order valence-corrected chi connectivity index (χ3v) is 4.38. The summed E-state index contributed by atoms with van der Waals surface area (Å²) in [5.41, 5.74) is 0. The van der Waals surface area contributed by atoms with Crippen molar-refractivity contribution in [2.75, 3.05) is 44.7 Å². The molecule has 6 heteroatoms. The van der Waals surface area contributed by atoms with E-state index in [4.69, 9.17) is 4.74 Å². The molecule has 19 heavy (non-hydrogen) atoms. The van der Waals surface area contributed by atoms with Crippen LogP contribution < -0.4 is 10.2 Å². The van der Waals surface area contributed by atoms with Crippen molar-refractivity contribution in [3.05, 3.63) is 17.3 Å². The molecule has 0 amide bonds. The number of rotatable bonds is 4. The van der Waals surface area contributed by atoms with Crippen LogP contribution in [0.25, 0.3) is 10.2 Å². The Labute approximate surface area is 116 Å². The van der Waals surface area contributed by atoms with Crippen LogP contribution in [0.4, 0.5) is 5.82 Å². The van der Waals surface area contributed by atoms with Gasteiger partial charge < -0.3 is 15.0 Å². The Hall–Kier alpha value is -1.24. The van der Waals surface area contributed by atoms with Crippen molar-refractivity contribution in [1.82, 2.24) is 9.97 Å². The van der Waals surface area contributed by atoms with Gasteiger partial charge in [-0.15, -0.1) is 11.3 Å². The summed E-state index contributed by atoms with van der Waals surface area (Å²) < 4.78 is 5.36. The van der Waals surface area contributed by atoms with Gasteiger partial charge in [-0.2, -0.15) is 0 Å².